The Morgan fingerprint density at radius 3 is 2.39 bits per heavy atom. The quantitative estimate of drug-likeness (QED) is 0.776. The summed E-state index contributed by atoms with van der Waals surface area (Å²) in [6, 6.07) is 14.9. The van der Waals surface area contributed by atoms with Crippen LogP contribution in [0.5, 0.6) is 0 Å². The summed E-state index contributed by atoms with van der Waals surface area (Å²) >= 11 is 0. The predicted molar refractivity (Wildman–Crippen MR) is 103 cm³/mol. The van der Waals surface area contributed by atoms with Crippen molar-refractivity contribution in [1.82, 2.24) is 10.2 Å². The summed E-state index contributed by atoms with van der Waals surface area (Å²) in [4.78, 5) is 40.1. The second kappa shape index (κ2) is 8.65. The van der Waals surface area contributed by atoms with Gasteiger partial charge in [-0.1, -0.05) is 37.3 Å². The number of rotatable bonds is 6. The van der Waals surface area contributed by atoms with Crippen LogP contribution in [0.25, 0.3) is 0 Å². The zero-order chi connectivity index (χ0) is 20.1. The molecule has 0 unspecified atom stereocenters. The van der Waals surface area contributed by atoms with E-state index >= 15 is 0 Å². The van der Waals surface area contributed by atoms with Crippen LogP contribution in [0.3, 0.4) is 0 Å². The fourth-order valence-corrected chi connectivity index (χ4v) is 3.08. The van der Waals surface area contributed by atoms with E-state index in [1.165, 1.54) is 21.9 Å². The molecular formula is C21H22FN3O3. The number of nitrogens with one attached hydrogen (secondary N) is 1. The standard InChI is InChI=1S/C21H22FN3O3/c1-15(19(26)23-13-16-7-9-17(22)10-8-16)14-24-11-12-25(21(28)20(24)27)18-5-3-2-4-6-18/h2-10,15H,11-14H2,1H3,(H,23,26)/t15-/m0/s1. The van der Waals surface area contributed by atoms with Crippen molar-refractivity contribution < 1.29 is 18.8 Å². The highest BCUT2D eigenvalue weighted by Crippen LogP contribution is 2.18. The van der Waals surface area contributed by atoms with Gasteiger partial charge in [0.15, 0.2) is 0 Å². The highest BCUT2D eigenvalue weighted by molar-refractivity contribution is 6.41. The van der Waals surface area contributed by atoms with E-state index < -0.39 is 17.7 Å². The number of benzene rings is 2. The average molecular weight is 383 g/mol. The van der Waals surface area contributed by atoms with Crippen molar-refractivity contribution in [3.05, 3.63) is 66.0 Å². The fourth-order valence-electron chi connectivity index (χ4n) is 3.08. The Labute approximate surface area is 162 Å². The molecule has 7 heteroatoms. The third-order valence-corrected chi connectivity index (χ3v) is 4.70. The zero-order valence-corrected chi connectivity index (χ0v) is 15.6. The monoisotopic (exact) mass is 383 g/mol. The molecule has 0 aromatic heterocycles. The Morgan fingerprint density at radius 1 is 1.04 bits per heavy atom. The predicted octanol–water partition coefficient (Wildman–Crippen LogP) is 1.95. The first-order valence-corrected chi connectivity index (χ1v) is 9.13. The van der Waals surface area contributed by atoms with Gasteiger partial charge in [-0.15, -0.1) is 0 Å². The maximum absolute atomic E-state index is 12.9. The molecular weight excluding hydrogens is 361 g/mol. The molecule has 1 fully saturated rings. The van der Waals surface area contributed by atoms with Gasteiger partial charge in [-0.2, -0.15) is 0 Å². The van der Waals surface area contributed by atoms with Gasteiger partial charge in [0.25, 0.3) is 0 Å². The maximum atomic E-state index is 12.9. The van der Waals surface area contributed by atoms with Crippen molar-refractivity contribution in [2.45, 2.75) is 13.5 Å². The van der Waals surface area contributed by atoms with Crippen LogP contribution in [-0.2, 0) is 20.9 Å². The summed E-state index contributed by atoms with van der Waals surface area (Å²) in [5.41, 5.74) is 1.47. The molecule has 6 nitrogen and oxygen atoms in total. The lowest BCUT2D eigenvalue weighted by Gasteiger charge is -2.34. The van der Waals surface area contributed by atoms with Crippen molar-refractivity contribution in [1.29, 1.82) is 0 Å². The highest BCUT2D eigenvalue weighted by atomic mass is 19.1. The first-order valence-electron chi connectivity index (χ1n) is 9.13. The van der Waals surface area contributed by atoms with E-state index in [2.05, 4.69) is 5.32 Å². The van der Waals surface area contributed by atoms with Gasteiger partial charge >= 0.3 is 11.8 Å². The Morgan fingerprint density at radius 2 is 1.71 bits per heavy atom. The molecule has 1 atom stereocenters. The third-order valence-electron chi connectivity index (χ3n) is 4.70. The van der Waals surface area contributed by atoms with Crippen LogP contribution in [0.2, 0.25) is 0 Å². The zero-order valence-electron chi connectivity index (χ0n) is 15.6. The van der Waals surface area contributed by atoms with E-state index in [4.69, 9.17) is 0 Å². The largest absolute Gasteiger partial charge is 0.352 e. The van der Waals surface area contributed by atoms with Crippen LogP contribution >= 0.6 is 0 Å². The molecule has 3 rings (SSSR count). The lowest BCUT2D eigenvalue weighted by molar-refractivity contribution is -0.147. The Balaban J connectivity index is 1.53. The van der Waals surface area contributed by atoms with Crippen LogP contribution in [0, 0.1) is 11.7 Å². The number of anilines is 1. The van der Waals surface area contributed by atoms with Gasteiger partial charge in [0.2, 0.25) is 5.91 Å². The molecule has 0 spiro atoms. The van der Waals surface area contributed by atoms with E-state index in [1.807, 2.05) is 18.2 Å². The van der Waals surface area contributed by atoms with Crippen LogP contribution in [0.4, 0.5) is 10.1 Å². The Kier molecular flexibility index (Phi) is 6.03. The molecule has 1 heterocycles. The SMILES string of the molecule is C[C@@H](CN1CCN(c2ccccc2)C(=O)C1=O)C(=O)NCc1ccc(F)cc1. The lowest BCUT2D eigenvalue weighted by Crippen LogP contribution is -2.56. The average Bonchev–Trinajstić information content (AvgIpc) is 2.71. The topological polar surface area (TPSA) is 69.7 Å². The molecule has 146 valence electrons. The normalized spacial score (nSPS) is 15.5. The summed E-state index contributed by atoms with van der Waals surface area (Å²) in [6.07, 6.45) is 0. The van der Waals surface area contributed by atoms with Gasteiger partial charge in [0.05, 0.1) is 5.92 Å². The fraction of sp³-hybridized carbons (Fsp3) is 0.286. The molecule has 0 bridgehead atoms. The molecule has 2 aromatic rings. The van der Waals surface area contributed by atoms with E-state index in [-0.39, 0.29) is 24.8 Å². The number of amides is 3. The van der Waals surface area contributed by atoms with Crippen LogP contribution < -0.4 is 10.2 Å². The Bertz CT molecular complexity index is 855. The van der Waals surface area contributed by atoms with Gasteiger partial charge in [0, 0.05) is 31.9 Å². The molecule has 1 aliphatic rings. The summed E-state index contributed by atoms with van der Waals surface area (Å²) in [6.45, 7) is 2.91. The minimum absolute atomic E-state index is 0.169. The van der Waals surface area contributed by atoms with Crippen LogP contribution in [0.1, 0.15) is 12.5 Å². The van der Waals surface area contributed by atoms with Crippen molar-refractivity contribution in [2.75, 3.05) is 24.5 Å². The number of para-hydroxylation sites is 1. The second-order valence-corrected chi connectivity index (χ2v) is 6.79. The number of piperazine rings is 1. The number of carbonyl (C=O) groups is 3. The minimum atomic E-state index is -0.603. The van der Waals surface area contributed by atoms with Gasteiger partial charge in [0.1, 0.15) is 5.82 Å². The third kappa shape index (κ3) is 4.54. The van der Waals surface area contributed by atoms with Crippen LogP contribution in [-0.4, -0.2) is 42.3 Å². The van der Waals surface area contributed by atoms with Gasteiger partial charge in [-0.05, 0) is 29.8 Å². The van der Waals surface area contributed by atoms with Gasteiger partial charge in [-0.25, -0.2) is 4.39 Å². The molecule has 0 radical (unpaired) electrons. The molecule has 3 amide bonds. The molecule has 28 heavy (non-hydrogen) atoms. The maximum Gasteiger partial charge on any atom is 0.316 e. The first kappa shape index (κ1) is 19.5. The second-order valence-electron chi connectivity index (χ2n) is 6.79. The highest BCUT2D eigenvalue weighted by Gasteiger charge is 2.34. The van der Waals surface area contributed by atoms with E-state index in [9.17, 15) is 18.8 Å². The summed E-state index contributed by atoms with van der Waals surface area (Å²) in [5.74, 6) is -2.22. The molecule has 2 aromatic carbocycles. The molecule has 1 aliphatic heterocycles. The van der Waals surface area contributed by atoms with E-state index in [0.717, 1.165) is 5.56 Å². The summed E-state index contributed by atoms with van der Waals surface area (Å²) < 4.78 is 12.9. The number of halogens is 1. The molecule has 0 aliphatic carbocycles. The number of nitrogens with zero attached hydrogens (tertiary/aromatic N) is 2. The van der Waals surface area contributed by atoms with E-state index in [0.29, 0.717) is 18.8 Å². The Hall–Kier alpha value is -3.22. The molecule has 0 saturated carbocycles. The smallest absolute Gasteiger partial charge is 0.316 e. The number of hydrogen-bond acceptors (Lipinski definition) is 3. The van der Waals surface area contributed by atoms with Crippen molar-refractivity contribution in [2.24, 2.45) is 5.92 Å². The first-order chi connectivity index (χ1) is 13.5. The molecule has 1 saturated heterocycles. The minimum Gasteiger partial charge on any atom is -0.352 e. The van der Waals surface area contributed by atoms with E-state index in [1.54, 1.807) is 31.2 Å². The molecule has 1 N–H and O–H groups in total. The number of hydrogen-bond donors (Lipinski definition) is 1. The van der Waals surface area contributed by atoms with Crippen molar-refractivity contribution in [3.63, 3.8) is 0 Å². The van der Waals surface area contributed by atoms with Gasteiger partial charge < -0.3 is 15.1 Å². The lowest BCUT2D eigenvalue weighted by atomic mass is 10.1. The number of carbonyl (C=O) groups excluding carboxylic acids is 3. The van der Waals surface area contributed by atoms with Gasteiger partial charge in [-0.3, -0.25) is 14.4 Å². The summed E-state index contributed by atoms with van der Waals surface area (Å²) in [7, 11) is 0. The van der Waals surface area contributed by atoms with Crippen molar-refractivity contribution >= 4 is 23.4 Å². The van der Waals surface area contributed by atoms with Crippen LogP contribution in [0.15, 0.2) is 54.6 Å². The summed E-state index contributed by atoms with van der Waals surface area (Å²) in [5, 5.41) is 2.77. The van der Waals surface area contributed by atoms with Crippen molar-refractivity contribution in [3.8, 4) is 0 Å².